The fourth-order valence-corrected chi connectivity index (χ4v) is 2.22. The Kier molecular flexibility index (Phi) is 9.05. The topological polar surface area (TPSA) is 79.2 Å². The summed E-state index contributed by atoms with van der Waals surface area (Å²) in [6.45, 7) is 2.59. The third-order valence-corrected chi connectivity index (χ3v) is 3.52. The molecule has 1 aliphatic heterocycles. The SMILES string of the molecule is CC/C=C/CCCCCO[C@@H]1CO[C@@H](CO)[C@H](O)[C@H]1O. The van der Waals surface area contributed by atoms with E-state index in [0.29, 0.717) is 6.61 Å². The molecule has 5 nitrogen and oxygen atoms in total. The summed E-state index contributed by atoms with van der Waals surface area (Å²) in [7, 11) is 0. The van der Waals surface area contributed by atoms with E-state index in [2.05, 4.69) is 19.1 Å². The molecule has 0 amide bonds. The molecule has 118 valence electrons. The van der Waals surface area contributed by atoms with Gasteiger partial charge in [0.2, 0.25) is 0 Å². The molecule has 1 fully saturated rings. The molecule has 0 aromatic rings. The van der Waals surface area contributed by atoms with E-state index >= 15 is 0 Å². The van der Waals surface area contributed by atoms with Gasteiger partial charge in [-0.3, -0.25) is 0 Å². The van der Waals surface area contributed by atoms with Crippen molar-refractivity contribution in [2.24, 2.45) is 0 Å². The first-order chi connectivity index (χ1) is 9.70. The van der Waals surface area contributed by atoms with Crippen molar-refractivity contribution in [2.45, 2.75) is 63.4 Å². The maximum absolute atomic E-state index is 9.86. The number of ether oxygens (including phenoxy) is 2. The Balaban J connectivity index is 2.09. The highest BCUT2D eigenvalue weighted by molar-refractivity contribution is 4.87. The Bertz CT molecular complexity index is 269. The zero-order valence-corrected chi connectivity index (χ0v) is 12.3. The number of rotatable bonds is 9. The molecule has 0 aliphatic carbocycles. The van der Waals surface area contributed by atoms with Gasteiger partial charge < -0.3 is 24.8 Å². The van der Waals surface area contributed by atoms with E-state index in [9.17, 15) is 10.2 Å². The smallest absolute Gasteiger partial charge is 0.111 e. The van der Waals surface area contributed by atoms with Crippen LogP contribution in [0.3, 0.4) is 0 Å². The minimum Gasteiger partial charge on any atom is -0.394 e. The summed E-state index contributed by atoms with van der Waals surface area (Å²) in [5.74, 6) is 0. The molecule has 1 saturated heterocycles. The lowest BCUT2D eigenvalue weighted by atomic mass is 10.0. The minimum atomic E-state index is -1.09. The van der Waals surface area contributed by atoms with Crippen molar-refractivity contribution >= 4 is 0 Å². The molecule has 4 atom stereocenters. The van der Waals surface area contributed by atoms with E-state index in [1.807, 2.05) is 0 Å². The molecule has 0 radical (unpaired) electrons. The van der Waals surface area contributed by atoms with Gasteiger partial charge in [0.05, 0.1) is 13.2 Å². The molecular weight excluding hydrogens is 260 g/mol. The van der Waals surface area contributed by atoms with Gasteiger partial charge in [0.1, 0.15) is 24.4 Å². The van der Waals surface area contributed by atoms with Crippen LogP contribution in [0.4, 0.5) is 0 Å². The first-order valence-electron chi connectivity index (χ1n) is 7.55. The van der Waals surface area contributed by atoms with Crippen molar-refractivity contribution in [3.8, 4) is 0 Å². The fourth-order valence-electron chi connectivity index (χ4n) is 2.22. The van der Waals surface area contributed by atoms with Gasteiger partial charge in [-0.2, -0.15) is 0 Å². The Morgan fingerprint density at radius 3 is 2.65 bits per heavy atom. The average Bonchev–Trinajstić information content (AvgIpc) is 2.46. The number of allylic oxidation sites excluding steroid dienone is 2. The molecule has 1 rings (SSSR count). The fraction of sp³-hybridized carbons (Fsp3) is 0.867. The number of hydrogen-bond donors (Lipinski definition) is 3. The van der Waals surface area contributed by atoms with E-state index in [4.69, 9.17) is 14.6 Å². The number of aliphatic hydroxyl groups excluding tert-OH is 3. The van der Waals surface area contributed by atoms with E-state index in [0.717, 1.165) is 32.1 Å². The zero-order valence-electron chi connectivity index (χ0n) is 12.3. The van der Waals surface area contributed by atoms with Gasteiger partial charge in [-0.25, -0.2) is 0 Å². The number of aliphatic hydroxyl groups is 3. The Labute approximate surface area is 121 Å². The highest BCUT2D eigenvalue weighted by Gasteiger charge is 2.38. The van der Waals surface area contributed by atoms with Gasteiger partial charge in [-0.1, -0.05) is 25.5 Å². The van der Waals surface area contributed by atoms with Crippen LogP contribution in [0.25, 0.3) is 0 Å². The summed E-state index contributed by atoms with van der Waals surface area (Å²) in [5.41, 5.74) is 0. The summed E-state index contributed by atoms with van der Waals surface area (Å²) >= 11 is 0. The molecule has 0 aromatic heterocycles. The van der Waals surface area contributed by atoms with Crippen LogP contribution in [0.15, 0.2) is 12.2 Å². The van der Waals surface area contributed by atoms with Crippen LogP contribution in [-0.2, 0) is 9.47 Å². The normalized spacial score (nSPS) is 31.0. The second-order valence-electron chi connectivity index (χ2n) is 5.17. The average molecular weight is 288 g/mol. The highest BCUT2D eigenvalue weighted by Crippen LogP contribution is 2.18. The third-order valence-electron chi connectivity index (χ3n) is 3.52. The predicted octanol–water partition coefficient (Wildman–Crippen LogP) is 1.01. The van der Waals surface area contributed by atoms with Crippen LogP contribution in [0.2, 0.25) is 0 Å². The minimum absolute atomic E-state index is 0.211. The maximum Gasteiger partial charge on any atom is 0.111 e. The van der Waals surface area contributed by atoms with Crippen LogP contribution < -0.4 is 0 Å². The molecule has 1 heterocycles. The standard InChI is InChI=1S/C15H28O5/c1-2-3-4-5-6-7-8-9-19-13-11-20-12(10-16)14(17)15(13)18/h3-4,12-18H,2,5-11H2,1H3/b4-3+/t12-,13+,14-,15-/m0/s1. The predicted molar refractivity (Wildman–Crippen MR) is 76.5 cm³/mol. The van der Waals surface area contributed by atoms with Crippen molar-refractivity contribution in [3.05, 3.63) is 12.2 Å². The quantitative estimate of drug-likeness (QED) is 0.436. The zero-order chi connectivity index (χ0) is 14.8. The summed E-state index contributed by atoms with van der Waals surface area (Å²) in [4.78, 5) is 0. The Morgan fingerprint density at radius 1 is 1.15 bits per heavy atom. The van der Waals surface area contributed by atoms with Gasteiger partial charge in [0.15, 0.2) is 0 Å². The van der Waals surface area contributed by atoms with Crippen LogP contribution in [0, 0.1) is 0 Å². The molecule has 0 unspecified atom stereocenters. The lowest BCUT2D eigenvalue weighted by Gasteiger charge is -2.36. The maximum atomic E-state index is 9.86. The van der Waals surface area contributed by atoms with E-state index < -0.39 is 24.4 Å². The summed E-state index contributed by atoms with van der Waals surface area (Å²) in [6.07, 6.45) is 6.41. The van der Waals surface area contributed by atoms with Crippen molar-refractivity contribution < 1.29 is 24.8 Å². The van der Waals surface area contributed by atoms with E-state index in [1.54, 1.807) is 0 Å². The molecule has 0 spiro atoms. The van der Waals surface area contributed by atoms with E-state index in [-0.39, 0.29) is 13.2 Å². The largest absolute Gasteiger partial charge is 0.394 e. The molecule has 0 saturated carbocycles. The number of hydrogen-bond acceptors (Lipinski definition) is 5. The van der Waals surface area contributed by atoms with Crippen LogP contribution >= 0.6 is 0 Å². The molecule has 1 aliphatic rings. The lowest BCUT2D eigenvalue weighted by molar-refractivity contribution is -0.208. The van der Waals surface area contributed by atoms with Crippen molar-refractivity contribution in [1.82, 2.24) is 0 Å². The van der Waals surface area contributed by atoms with Gasteiger partial charge in [-0.15, -0.1) is 0 Å². The van der Waals surface area contributed by atoms with Gasteiger partial charge >= 0.3 is 0 Å². The first kappa shape index (κ1) is 17.6. The summed E-state index contributed by atoms with van der Waals surface area (Å²) in [5, 5.41) is 28.5. The molecule has 3 N–H and O–H groups in total. The Morgan fingerprint density at radius 2 is 1.95 bits per heavy atom. The van der Waals surface area contributed by atoms with E-state index in [1.165, 1.54) is 0 Å². The molecule has 0 bridgehead atoms. The second kappa shape index (κ2) is 10.3. The summed E-state index contributed by atoms with van der Waals surface area (Å²) in [6, 6.07) is 0. The van der Waals surface area contributed by atoms with Gasteiger partial charge in [0, 0.05) is 6.61 Å². The molecule has 20 heavy (non-hydrogen) atoms. The van der Waals surface area contributed by atoms with Crippen molar-refractivity contribution in [2.75, 3.05) is 19.8 Å². The highest BCUT2D eigenvalue weighted by atomic mass is 16.6. The van der Waals surface area contributed by atoms with Crippen LogP contribution in [0.1, 0.15) is 39.0 Å². The molecule has 0 aromatic carbocycles. The van der Waals surface area contributed by atoms with Crippen molar-refractivity contribution in [1.29, 1.82) is 0 Å². The van der Waals surface area contributed by atoms with Gasteiger partial charge in [-0.05, 0) is 25.7 Å². The van der Waals surface area contributed by atoms with Gasteiger partial charge in [0.25, 0.3) is 0 Å². The number of unbranched alkanes of at least 4 members (excludes halogenated alkanes) is 3. The monoisotopic (exact) mass is 288 g/mol. The first-order valence-corrected chi connectivity index (χ1v) is 7.55. The van der Waals surface area contributed by atoms with Crippen LogP contribution in [-0.4, -0.2) is 59.6 Å². The Hall–Kier alpha value is -0.460. The third kappa shape index (κ3) is 5.89. The lowest BCUT2D eigenvalue weighted by Crippen LogP contribution is -2.55. The van der Waals surface area contributed by atoms with Crippen LogP contribution in [0.5, 0.6) is 0 Å². The second-order valence-corrected chi connectivity index (χ2v) is 5.17. The van der Waals surface area contributed by atoms with Crippen molar-refractivity contribution in [3.63, 3.8) is 0 Å². The molecule has 5 heteroatoms. The molecular formula is C15H28O5. The summed E-state index contributed by atoms with van der Waals surface area (Å²) < 4.78 is 10.8.